The van der Waals surface area contributed by atoms with Crippen LogP contribution in [0.4, 0.5) is 8.78 Å². The number of nitrogens with one attached hydrogen (secondary N) is 2. The molecule has 1 aliphatic heterocycles. The minimum Gasteiger partial charge on any atom is -0.306 e. The number of hydrogen-bond acceptors (Lipinski definition) is 3. The molecule has 2 N–H and O–H groups in total. The number of likely N-dealkylation sites (tertiary alicyclic amines) is 1. The van der Waals surface area contributed by atoms with Gasteiger partial charge in [-0.3, -0.25) is 4.79 Å². The number of piperidine rings is 1. The Morgan fingerprint density at radius 2 is 1.72 bits per heavy atom. The van der Waals surface area contributed by atoms with Gasteiger partial charge < -0.3 is 14.9 Å². The van der Waals surface area contributed by atoms with Crippen LogP contribution in [0.3, 0.4) is 0 Å². The van der Waals surface area contributed by atoms with Gasteiger partial charge >= 0.3 is 5.69 Å². The van der Waals surface area contributed by atoms with Gasteiger partial charge in [0.05, 0.1) is 16.6 Å². The first-order chi connectivity index (χ1) is 14.0. The average Bonchev–Trinajstić information content (AvgIpc) is 3.07. The lowest BCUT2D eigenvalue weighted by Crippen LogP contribution is -2.35. The number of aromatic amines is 2. The lowest BCUT2D eigenvalue weighted by Gasteiger charge is -2.32. The molecule has 29 heavy (non-hydrogen) atoms. The highest BCUT2D eigenvalue weighted by molar-refractivity contribution is 5.99. The van der Waals surface area contributed by atoms with Crippen LogP contribution in [0.25, 0.3) is 11.0 Å². The van der Waals surface area contributed by atoms with Gasteiger partial charge in [0.2, 0.25) is 0 Å². The van der Waals surface area contributed by atoms with Gasteiger partial charge in [-0.25, -0.2) is 13.6 Å². The first kappa shape index (κ1) is 19.5. The first-order valence-electron chi connectivity index (χ1n) is 9.90. The molecular weight excluding hydrogens is 376 g/mol. The number of H-pyrrole nitrogens is 2. The van der Waals surface area contributed by atoms with Crippen molar-refractivity contribution in [1.29, 1.82) is 0 Å². The summed E-state index contributed by atoms with van der Waals surface area (Å²) in [6.45, 7) is 2.25. The first-order valence-corrected chi connectivity index (χ1v) is 9.90. The van der Waals surface area contributed by atoms with Crippen molar-refractivity contribution in [3.8, 4) is 0 Å². The van der Waals surface area contributed by atoms with Crippen LogP contribution < -0.4 is 5.69 Å². The number of halogens is 2. The van der Waals surface area contributed by atoms with Crippen LogP contribution >= 0.6 is 0 Å². The quantitative estimate of drug-likeness (QED) is 0.622. The molecule has 3 aromatic rings. The van der Waals surface area contributed by atoms with E-state index in [0.29, 0.717) is 23.5 Å². The summed E-state index contributed by atoms with van der Waals surface area (Å²) in [6.07, 6.45) is 2.86. The fourth-order valence-corrected chi connectivity index (χ4v) is 4.05. The number of rotatable bonds is 6. The summed E-state index contributed by atoms with van der Waals surface area (Å²) >= 11 is 0. The third kappa shape index (κ3) is 4.45. The van der Waals surface area contributed by atoms with Crippen LogP contribution in [0.15, 0.2) is 41.2 Å². The number of imidazole rings is 1. The van der Waals surface area contributed by atoms with Crippen LogP contribution in [0.2, 0.25) is 0 Å². The summed E-state index contributed by atoms with van der Waals surface area (Å²) in [7, 11) is 0. The maximum Gasteiger partial charge on any atom is 0.323 e. The SMILES string of the molecule is O=C(CCN1CCC(Cc2ccccc2F)CC1)c1cc2[nH]c(=O)[nH]c2cc1F. The van der Waals surface area contributed by atoms with Crippen LogP contribution in [0, 0.1) is 17.6 Å². The van der Waals surface area contributed by atoms with E-state index in [1.165, 1.54) is 18.2 Å². The molecule has 152 valence electrons. The number of carbonyl (C=O) groups excluding carboxylic acids is 1. The zero-order chi connectivity index (χ0) is 20.4. The minimum atomic E-state index is -0.624. The molecule has 2 heterocycles. The van der Waals surface area contributed by atoms with Crippen molar-refractivity contribution in [3.63, 3.8) is 0 Å². The standard InChI is InChI=1S/C22H23F2N3O2/c23-17-4-2-1-3-15(17)11-14-5-8-27(9-6-14)10-7-21(28)16-12-19-20(13-18(16)24)26-22(29)25-19/h1-4,12-14H,5-11H2,(H2,25,26,29). The minimum absolute atomic E-state index is 0.00203. The molecule has 0 saturated carbocycles. The van der Waals surface area contributed by atoms with Gasteiger partial charge in [0, 0.05) is 19.0 Å². The number of hydrogen-bond donors (Lipinski definition) is 2. The fourth-order valence-electron chi connectivity index (χ4n) is 4.05. The Morgan fingerprint density at radius 1 is 1.03 bits per heavy atom. The van der Waals surface area contributed by atoms with Crippen LogP contribution in [0.1, 0.15) is 35.2 Å². The van der Waals surface area contributed by atoms with E-state index in [1.54, 1.807) is 6.07 Å². The van der Waals surface area contributed by atoms with E-state index in [0.717, 1.165) is 37.9 Å². The van der Waals surface area contributed by atoms with Crippen LogP contribution in [-0.2, 0) is 6.42 Å². The predicted molar refractivity (Wildman–Crippen MR) is 107 cm³/mol. The van der Waals surface area contributed by atoms with E-state index in [2.05, 4.69) is 14.9 Å². The number of Topliss-reactive ketones (excluding diaryl/α,β-unsaturated/α-hetero) is 1. The Balaban J connectivity index is 1.30. The molecule has 0 atom stereocenters. The Labute approximate surface area is 166 Å². The van der Waals surface area contributed by atoms with E-state index in [9.17, 15) is 18.4 Å². The van der Waals surface area contributed by atoms with Crippen LogP contribution in [-0.4, -0.2) is 40.3 Å². The molecule has 1 saturated heterocycles. The second kappa shape index (κ2) is 8.29. The van der Waals surface area contributed by atoms with Crippen molar-refractivity contribution in [2.75, 3.05) is 19.6 Å². The molecule has 1 aliphatic rings. The molecule has 0 aliphatic carbocycles. The van der Waals surface area contributed by atoms with Crippen molar-refractivity contribution < 1.29 is 13.6 Å². The monoisotopic (exact) mass is 399 g/mol. The Kier molecular flexibility index (Phi) is 5.58. The van der Waals surface area contributed by atoms with E-state index in [1.807, 2.05) is 12.1 Å². The molecule has 7 heteroatoms. The normalized spacial score (nSPS) is 15.8. The molecule has 0 spiro atoms. The molecule has 0 amide bonds. The van der Waals surface area contributed by atoms with Crippen LogP contribution in [0.5, 0.6) is 0 Å². The number of benzene rings is 2. The summed E-state index contributed by atoms with van der Waals surface area (Å²) in [5.74, 6) is -0.617. The van der Waals surface area contributed by atoms with Gasteiger partial charge in [-0.2, -0.15) is 0 Å². The van der Waals surface area contributed by atoms with E-state index >= 15 is 0 Å². The fraction of sp³-hybridized carbons (Fsp3) is 0.364. The van der Waals surface area contributed by atoms with Gasteiger partial charge in [-0.1, -0.05) is 18.2 Å². The molecule has 0 bridgehead atoms. The largest absolute Gasteiger partial charge is 0.323 e. The smallest absolute Gasteiger partial charge is 0.306 e. The molecule has 1 fully saturated rings. The maximum absolute atomic E-state index is 14.2. The topological polar surface area (TPSA) is 69.0 Å². The van der Waals surface area contributed by atoms with Gasteiger partial charge in [0.15, 0.2) is 5.78 Å². The highest BCUT2D eigenvalue weighted by Crippen LogP contribution is 2.23. The van der Waals surface area contributed by atoms with E-state index in [4.69, 9.17) is 0 Å². The maximum atomic E-state index is 14.2. The number of fused-ring (bicyclic) bond motifs is 1. The van der Waals surface area contributed by atoms with Crippen molar-refractivity contribution >= 4 is 16.8 Å². The second-order valence-electron chi connectivity index (χ2n) is 7.71. The number of carbonyl (C=O) groups is 1. The average molecular weight is 399 g/mol. The van der Waals surface area contributed by atoms with Crippen molar-refractivity contribution in [2.45, 2.75) is 25.7 Å². The molecule has 5 nitrogen and oxygen atoms in total. The van der Waals surface area contributed by atoms with Gasteiger partial charge in [0.1, 0.15) is 11.6 Å². The third-order valence-electron chi connectivity index (χ3n) is 5.73. The third-order valence-corrected chi connectivity index (χ3v) is 5.73. The lowest BCUT2D eigenvalue weighted by molar-refractivity contribution is 0.0947. The molecule has 1 aromatic heterocycles. The summed E-state index contributed by atoms with van der Waals surface area (Å²) in [5, 5.41) is 0. The Hall–Kier alpha value is -2.80. The zero-order valence-electron chi connectivity index (χ0n) is 16.0. The summed E-state index contributed by atoms with van der Waals surface area (Å²) in [5.41, 5.74) is 1.11. The van der Waals surface area contributed by atoms with Gasteiger partial charge in [-0.05, 0) is 56.0 Å². The molecule has 0 radical (unpaired) electrons. The predicted octanol–water partition coefficient (Wildman–Crippen LogP) is 3.66. The highest BCUT2D eigenvalue weighted by atomic mass is 19.1. The lowest BCUT2D eigenvalue weighted by atomic mass is 9.90. The van der Waals surface area contributed by atoms with Gasteiger partial charge in [-0.15, -0.1) is 0 Å². The summed E-state index contributed by atoms with van der Waals surface area (Å²) < 4.78 is 28.1. The molecule has 4 rings (SSSR count). The van der Waals surface area contributed by atoms with Crippen molar-refractivity contribution in [2.24, 2.45) is 5.92 Å². The number of ketones is 1. The Morgan fingerprint density at radius 3 is 2.45 bits per heavy atom. The number of nitrogens with zero attached hydrogens (tertiary/aromatic N) is 1. The summed E-state index contributed by atoms with van der Waals surface area (Å²) in [4.78, 5) is 31.0. The van der Waals surface area contributed by atoms with Crippen molar-refractivity contribution in [3.05, 3.63) is 69.6 Å². The second-order valence-corrected chi connectivity index (χ2v) is 7.71. The Bertz CT molecular complexity index is 1080. The molecular formula is C22H23F2N3O2. The zero-order valence-corrected chi connectivity index (χ0v) is 16.0. The van der Waals surface area contributed by atoms with E-state index < -0.39 is 11.5 Å². The van der Waals surface area contributed by atoms with E-state index in [-0.39, 0.29) is 23.6 Å². The van der Waals surface area contributed by atoms with Crippen molar-refractivity contribution in [1.82, 2.24) is 14.9 Å². The summed E-state index contributed by atoms with van der Waals surface area (Å²) in [6, 6.07) is 9.46. The van der Waals surface area contributed by atoms with Gasteiger partial charge in [0.25, 0.3) is 0 Å². The number of aromatic nitrogens is 2. The molecule has 0 unspecified atom stereocenters. The molecule has 2 aromatic carbocycles. The highest BCUT2D eigenvalue weighted by Gasteiger charge is 2.22.